The molecule has 3 aromatic rings. The second kappa shape index (κ2) is 14.1. The molecule has 34 heavy (non-hydrogen) atoms. The molecule has 1 radical (unpaired) electrons. The van der Waals surface area contributed by atoms with Crippen LogP contribution in [0.5, 0.6) is 0 Å². The fraction of sp³-hybridized carbons (Fsp3) is 0. The van der Waals surface area contributed by atoms with E-state index >= 15 is 0 Å². The molecule has 5 N–H and O–H groups in total. The summed E-state index contributed by atoms with van der Waals surface area (Å²) in [5, 5.41) is 27.7. The Morgan fingerprint density at radius 1 is 0.588 bits per heavy atom. The number of benzene rings is 3. The third-order valence-corrected chi connectivity index (χ3v) is 4.39. The van der Waals surface area contributed by atoms with Gasteiger partial charge in [-0.25, -0.2) is 9.59 Å². The van der Waals surface area contributed by atoms with Gasteiger partial charge in [0.1, 0.15) is 0 Å². The van der Waals surface area contributed by atoms with Crippen molar-refractivity contribution in [1.82, 2.24) is 0 Å². The van der Waals surface area contributed by atoms with Crippen molar-refractivity contribution in [3.05, 3.63) is 130 Å². The number of allylic oxidation sites excluding steroid dienone is 2. The largest absolute Gasteiger partial charge is 2.00 e. The van der Waals surface area contributed by atoms with E-state index in [2.05, 4.69) is 34.9 Å². The van der Waals surface area contributed by atoms with Gasteiger partial charge in [-0.1, -0.05) is 72.8 Å². The minimum atomic E-state index is -0.879. The molecule has 0 amide bonds. The van der Waals surface area contributed by atoms with Crippen LogP contribution in [0.25, 0.3) is 22.8 Å². The van der Waals surface area contributed by atoms with Gasteiger partial charge in [0, 0.05) is 0 Å². The molecule has 0 unspecified atom stereocenters. The first-order valence-electron chi connectivity index (χ1n) is 9.71. The molecule has 0 aliphatic carbocycles. The molecule has 0 atom stereocenters. The number of aromatic carboxylic acids is 2. The Kier molecular flexibility index (Phi) is 11.6. The van der Waals surface area contributed by atoms with E-state index in [1.807, 2.05) is 12.2 Å². The van der Waals surface area contributed by atoms with E-state index in [1.54, 1.807) is 73.1 Å². The molecule has 5 rings (SSSR count). The number of carbonyl (C=O) groups is 2. The molecule has 0 saturated heterocycles. The first-order valence-corrected chi connectivity index (χ1v) is 9.71. The molecule has 2 aliphatic rings. The van der Waals surface area contributed by atoms with Crippen LogP contribution in [0, 0.1) is 0 Å². The van der Waals surface area contributed by atoms with Crippen LogP contribution >= 0.6 is 0 Å². The number of nitrogens with zero attached hydrogens (tertiary/aromatic N) is 2. The molecule has 173 valence electrons. The van der Waals surface area contributed by atoms with E-state index in [-0.39, 0.29) is 22.5 Å². The Balaban J connectivity index is 0.000000258. The third-order valence-electron chi connectivity index (χ3n) is 4.39. The van der Waals surface area contributed by atoms with Crippen molar-refractivity contribution in [3.8, 4) is 0 Å². The zero-order chi connectivity index (χ0) is 22.8. The number of hydrogen-bond acceptors (Lipinski definition) is 2. The summed E-state index contributed by atoms with van der Waals surface area (Å²) >= 11 is 0. The first kappa shape index (κ1) is 27.9. The van der Waals surface area contributed by atoms with Crippen molar-refractivity contribution >= 4 is 35.5 Å². The predicted molar refractivity (Wildman–Crippen MR) is 131 cm³/mol. The van der Waals surface area contributed by atoms with Crippen molar-refractivity contribution in [1.29, 1.82) is 0 Å². The predicted octanol–water partition coefficient (Wildman–Crippen LogP) is 4.16. The zero-order valence-corrected chi connectivity index (χ0v) is 19.1. The van der Waals surface area contributed by atoms with Gasteiger partial charge in [-0.05, 0) is 34.7 Å². The van der Waals surface area contributed by atoms with E-state index in [9.17, 15) is 9.59 Å². The standard InChI is InChI=1S/C12H8N2.2C7H6O2.Mn.H2O/c1-3-9-5-6-10-4-2-8-14-12(10)11(9)13-7-1;2*8-7(9)6-4-2-1-3-5-6;;/h1-8H;2*1-5H,(H,8,9);;1H2/q-2;;;+2;/p+1. The maximum atomic E-state index is 10.2. The van der Waals surface area contributed by atoms with Crippen molar-refractivity contribution in [2.24, 2.45) is 0 Å². The normalized spacial score (nSPS) is 11.1. The summed E-state index contributed by atoms with van der Waals surface area (Å²) < 4.78 is 0. The summed E-state index contributed by atoms with van der Waals surface area (Å²) in [5.41, 5.74) is 2.62. The fourth-order valence-electron chi connectivity index (χ4n) is 2.84. The molecule has 2 heterocycles. The topological polar surface area (TPSA) is 136 Å². The second-order valence-electron chi connectivity index (χ2n) is 6.56. The van der Waals surface area contributed by atoms with Crippen LogP contribution in [0.3, 0.4) is 0 Å². The summed E-state index contributed by atoms with van der Waals surface area (Å²) in [5.74, 6) is -1.76. The minimum Gasteiger partial charge on any atom is -0.665 e. The van der Waals surface area contributed by atoms with E-state index in [0.29, 0.717) is 11.1 Å². The van der Waals surface area contributed by atoms with Crippen LogP contribution in [-0.2, 0) is 22.5 Å². The molecular weight excluding hydrogens is 475 g/mol. The fourth-order valence-corrected chi connectivity index (χ4v) is 2.84. The third kappa shape index (κ3) is 7.79. The van der Waals surface area contributed by atoms with Gasteiger partial charge in [-0.3, -0.25) is 0 Å². The molecule has 0 aromatic heterocycles. The molecule has 0 bridgehead atoms. The Morgan fingerprint density at radius 2 is 0.941 bits per heavy atom. The summed E-state index contributed by atoms with van der Waals surface area (Å²) in [4.78, 5) is 20.4. The molecule has 0 fully saturated rings. The minimum absolute atomic E-state index is 0. The van der Waals surface area contributed by atoms with E-state index in [4.69, 9.17) is 10.2 Å². The summed E-state index contributed by atoms with van der Waals surface area (Å²) in [6.07, 6.45) is 11.6. The van der Waals surface area contributed by atoms with Crippen LogP contribution < -0.4 is 10.4 Å². The maximum absolute atomic E-state index is 10.2. The van der Waals surface area contributed by atoms with Crippen LogP contribution in [0.1, 0.15) is 20.7 Å². The van der Waals surface area contributed by atoms with E-state index in [1.165, 1.54) is 0 Å². The number of carboxylic acids is 2. The molecule has 0 saturated carbocycles. The smallest absolute Gasteiger partial charge is 0.665 e. The van der Waals surface area contributed by atoms with Crippen LogP contribution in [-0.4, -0.2) is 22.2 Å². The second-order valence-corrected chi connectivity index (χ2v) is 6.56. The summed E-state index contributed by atoms with van der Waals surface area (Å²) in [6.45, 7) is 0. The van der Waals surface area contributed by atoms with Gasteiger partial charge < -0.3 is 26.3 Å². The number of hydrogen-bond donors (Lipinski definition) is 2. The molecule has 8 heteroatoms. The van der Waals surface area contributed by atoms with Crippen molar-refractivity contribution in [3.63, 3.8) is 0 Å². The van der Waals surface area contributed by atoms with Gasteiger partial charge in [0.05, 0.1) is 11.1 Å². The number of fused-ring (bicyclic) bond motifs is 3. The SMILES string of the molecule is C1=C[N-]c2c3c(ccc2=C1)=CC=C[N-]3.O=C(O)c1ccccc1.O=C(O)c1ccccc1.[Mn+2].[OH3+]. The molecule has 3 aromatic carbocycles. The Labute approximate surface area is 207 Å². The molecule has 2 aliphatic heterocycles. The van der Waals surface area contributed by atoms with Crippen molar-refractivity contribution in [2.45, 2.75) is 0 Å². The zero-order valence-electron chi connectivity index (χ0n) is 18.0. The Morgan fingerprint density at radius 3 is 1.24 bits per heavy atom. The van der Waals surface area contributed by atoms with Crippen LogP contribution in [0.4, 0.5) is 11.4 Å². The van der Waals surface area contributed by atoms with Gasteiger partial charge in [0.2, 0.25) is 0 Å². The van der Waals surface area contributed by atoms with Gasteiger partial charge in [0.15, 0.2) is 0 Å². The van der Waals surface area contributed by atoms with Gasteiger partial charge in [0.25, 0.3) is 0 Å². The van der Waals surface area contributed by atoms with Gasteiger partial charge in [-0.2, -0.15) is 12.4 Å². The van der Waals surface area contributed by atoms with E-state index in [0.717, 1.165) is 21.8 Å². The van der Waals surface area contributed by atoms with Crippen LogP contribution in [0.15, 0.2) is 97.3 Å². The average Bonchev–Trinajstić information content (AvgIpc) is 2.86. The van der Waals surface area contributed by atoms with Crippen LogP contribution in [0.2, 0.25) is 0 Å². The van der Waals surface area contributed by atoms with E-state index < -0.39 is 11.9 Å². The van der Waals surface area contributed by atoms with Crippen molar-refractivity contribution in [2.75, 3.05) is 0 Å². The van der Waals surface area contributed by atoms with Crippen molar-refractivity contribution < 1.29 is 42.3 Å². The monoisotopic (exact) mass is 498 g/mol. The quantitative estimate of drug-likeness (QED) is 0.405. The summed E-state index contributed by atoms with van der Waals surface area (Å²) in [6, 6.07) is 20.7. The first-order chi connectivity index (χ1) is 15.6. The molecule has 7 nitrogen and oxygen atoms in total. The number of carboxylic acid groups (broad SMARTS) is 2. The Hall–Kier alpha value is -4.10. The Bertz CT molecular complexity index is 1170. The van der Waals surface area contributed by atoms with Gasteiger partial charge >= 0.3 is 29.0 Å². The average molecular weight is 498 g/mol. The molecule has 0 spiro atoms. The molecular formula is C26H23MnN2O5+. The summed E-state index contributed by atoms with van der Waals surface area (Å²) in [7, 11) is 0. The van der Waals surface area contributed by atoms with Gasteiger partial charge in [-0.15, -0.1) is 11.4 Å². The maximum Gasteiger partial charge on any atom is 2.00 e. The number of rotatable bonds is 2.